The van der Waals surface area contributed by atoms with Gasteiger partial charge in [-0.05, 0) is 74.2 Å². The number of allylic oxidation sites excluding steroid dienone is 2. The first-order valence-electron chi connectivity index (χ1n) is 11.7. The third kappa shape index (κ3) is 1.92. The van der Waals surface area contributed by atoms with Crippen LogP contribution in [0.2, 0.25) is 0 Å². The highest BCUT2D eigenvalue weighted by Gasteiger charge is 2.79. The van der Waals surface area contributed by atoms with Crippen LogP contribution < -0.4 is 0 Å². The second-order valence-electron chi connectivity index (χ2n) is 10.5. The van der Waals surface area contributed by atoms with Gasteiger partial charge in [0.1, 0.15) is 11.4 Å². The third-order valence-corrected chi connectivity index (χ3v) is 9.98. The number of Topliss-reactive ketones (excluding diaryl/α,β-unsaturated/α-hetero) is 1. The van der Waals surface area contributed by atoms with Crippen molar-refractivity contribution in [2.24, 2.45) is 40.9 Å². The van der Waals surface area contributed by atoms with Gasteiger partial charge in [-0.1, -0.05) is 31.4 Å². The maximum atomic E-state index is 12.2. The SMILES string of the molecule is CCC1CC2=C(CCC(=O)C2)C2CC[C@@]3(CC)C(C4CC4[C@@]34C=CC(=O)O4)C12. The molecule has 5 aliphatic carbocycles. The fraction of sp³-hybridized carbons (Fsp3) is 0.760. The first-order valence-corrected chi connectivity index (χ1v) is 11.7. The molecule has 1 heterocycles. The Morgan fingerprint density at radius 1 is 1.21 bits per heavy atom. The molecule has 8 atom stereocenters. The van der Waals surface area contributed by atoms with Gasteiger partial charge in [-0.15, -0.1) is 0 Å². The van der Waals surface area contributed by atoms with Crippen molar-refractivity contribution < 1.29 is 14.3 Å². The predicted octanol–water partition coefficient (Wildman–Crippen LogP) is 5.01. The number of carbonyl (C=O) groups is 2. The van der Waals surface area contributed by atoms with Crippen molar-refractivity contribution in [3.63, 3.8) is 0 Å². The van der Waals surface area contributed by atoms with Crippen molar-refractivity contribution in [2.75, 3.05) is 0 Å². The van der Waals surface area contributed by atoms with Crippen LogP contribution in [0.25, 0.3) is 0 Å². The summed E-state index contributed by atoms with van der Waals surface area (Å²) >= 11 is 0. The maximum absolute atomic E-state index is 12.2. The van der Waals surface area contributed by atoms with E-state index in [1.54, 1.807) is 11.6 Å². The summed E-state index contributed by atoms with van der Waals surface area (Å²) in [7, 11) is 0. The van der Waals surface area contributed by atoms with E-state index in [-0.39, 0.29) is 17.0 Å². The van der Waals surface area contributed by atoms with E-state index in [4.69, 9.17) is 4.74 Å². The van der Waals surface area contributed by atoms with Crippen molar-refractivity contribution in [1.82, 2.24) is 0 Å². The van der Waals surface area contributed by atoms with E-state index in [0.717, 1.165) is 43.9 Å². The van der Waals surface area contributed by atoms with Gasteiger partial charge in [-0.3, -0.25) is 4.79 Å². The first-order chi connectivity index (χ1) is 13.5. The molecule has 3 heteroatoms. The summed E-state index contributed by atoms with van der Waals surface area (Å²) in [6.07, 6.45) is 13.5. The number of ketones is 1. The van der Waals surface area contributed by atoms with Crippen LogP contribution in [0.1, 0.15) is 71.6 Å². The highest BCUT2D eigenvalue weighted by molar-refractivity contribution is 5.86. The highest BCUT2D eigenvalue weighted by atomic mass is 16.6. The first kappa shape index (κ1) is 17.5. The van der Waals surface area contributed by atoms with Crippen LogP contribution in [-0.2, 0) is 14.3 Å². The minimum atomic E-state index is -0.311. The number of hydrogen-bond acceptors (Lipinski definition) is 3. The van der Waals surface area contributed by atoms with Gasteiger partial charge >= 0.3 is 5.97 Å². The molecule has 6 unspecified atom stereocenters. The van der Waals surface area contributed by atoms with E-state index in [1.165, 1.54) is 31.3 Å². The molecule has 1 aliphatic heterocycles. The van der Waals surface area contributed by atoms with Crippen LogP contribution in [0.5, 0.6) is 0 Å². The van der Waals surface area contributed by atoms with Crippen LogP contribution in [0.4, 0.5) is 0 Å². The standard InChI is InChI=1S/C25H32O3/c1-3-14-11-15-12-16(26)5-6-17(15)18-7-9-24(4-2)23(22(14)18)19-13-20(19)25(24)10-8-21(27)28-25/h8,10,14,18-20,22-23H,3-7,9,11-13H2,1-2H3/t14?,18?,19?,20?,22?,23?,24-,25-/m0/s1. The summed E-state index contributed by atoms with van der Waals surface area (Å²) in [6, 6.07) is 0. The van der Waals surface area contributed by atoms with E-state index in [9.17, 15) is 9.59 Å². The maximum Gasteiger partial charge on any atom is 0.331 e. The van der Waals surface area contributed by atoms with Gasteiger partial charge in [0.05, 0.1) is 0 Å². The minimum absolute atomic E-state index is 0.118. The molecule has 6 aliphatic rings. The lowest BCUT2D eigenvalue weighted by Gasteiger charge is -2.58. The Hall–Kier alpha value is -1.38. The second-order valence-corrected chi connectivity index (χ2v) is 10.5. The average molecular weight is 381 g/mol. The molecule has 0 amide bonds. The zero-order chi connectivity index (χ0) is 19.3. The number of esters is 1. The Bertz CT molecular complexity index is 822. The van der Waals surface area contributed by atoms with Crippen molar-refractivity contribution in [1.29, 1.82) is 0 Å². The van der Waals surface area contributed by atoms with E-state index >= 15 is 0 Å². The van der Waals surface area contributed by atoms with Gasteiger partial charge in [-0.2, -0.15) is 0 Å². The van der Waals surface area contributed by atoms with Crippen LogP contribution in [0.3, 0.4) is 0 Å². The van der Waals surface area contributed by atoms with Gasteiger partial charge in [0, 0.05) is 30.3 Å². The van der Waals surface area contributed by atoms with E-state index in [1.807, 2.05) is 0 Å². The summed E-state index contributed by atoms with van der Waals surface area (Å²) in [5.41, 5.74) is 3.02. The van der Waals surface area contributed by atoms with Crippen molar-refractivity contribution >= 4 is 11.8 Å². The lowest BCUT2D eigenvalue weighted by atomic mass is 9.47. The lowest BCUT2D eigenvalue weighted by Crippen LogP contribution is -2.56. The Morgan fingerprint density at radius 2 is 2.07 bits per heavy atom. The van der Waals surface area contributed by atoms with Gasteiger partial charge in [0.2, 0.25) is 0 Å². The lowest BCUT2D eigenvalue weighted by molar-refractivity contribution is -0.171. The molecular weight excluding hydrogens is 348 g/mol. The second kappa shape index (κ2) is 5.61. The Morgan fingerprint density at radius 3 is 2.79 bits per heavy atom. The molecule has 3 nitrogen and oxygen atoms in total. The number of carbonyl (C=O) groups excluding carboxylic acids is 2. The third-order valence-electron chi connectivity index (χ3n) is 9.98. The molecule has 0 aromatic heterocycles. The molecule has 150 valence electrons. The zero-order valence-corrected chi connectivity index (χ0v) is 17.2. The summed E-state index contributed by atoms with van der Waals surface area (Å²) in [4.78, 5) is 24.3. The molecule has 1 spiro atoms. The number of hydrogen-bond donors (Lipinski definition) is 0. The molecule has 3 fully saturated rings. The Balaban J connectivity index is 1.45. The summed E-state index contributed by atoms with van der Waals surface area (Å²) in [5.74, 6) is 4.43. The van der Waals surface area contributed by atoms with Crippen LogP contribution in [0, 0.1) is 40.9 Å². The predicted molar refractivity (Wildman–Crippen MR) is 106 cm³/mol. The molecular formula is C25H32O3. The smallest absolute Gasteiger partial charge is 0.331 e. The molecule has 6 rings (SSSR count). The summed E-state index contributed by atoms with van der Waals surface area (Å²) < 4.78 is 6.19. The fourth-order valence-corrected chi connectivity index (χ4v) is 9.04. The van der Waals surface area contributed by atoms with E-state index in [0.29, 0.717) is 29.5 Å². The van der Waals surface area contributed by atoms with Crippen molar-refractivity contribution in [3.05, 3.63) is 23.3 Å². The van der Waals surface area contributed by atoms with Gasteiger partial charge in [-0.25, -0.2) is 4.79 Å². The number of ether oxygens (including phenoxy) is 1. The van der Waals surface area contributed by atoms with Crippen molar-refractivity contribution in [2.45, 2.75) is 77.2 Å². The molecule has 0 N–H and O–H groups in total. The zero-order valence-electron chi connectivity index (χ0n) is 17.2. The molecule has 28 heavy (non-hydrogen) atoms. The topological polar surface area (TPSA) is 43.4 Å². The molecule has 0 saturated heterocycles. The largest absolute Gasteiger partial charge is 0.451 e. The molecule has 0 radical (unpaired) electrons. The normalized spacial score (nSPS) is 50.9. The van der Waals surface area contributed by atoms with Crippen molar-refractivity contribution in [3.8, 4) is 0 Å². The molecule has 0 bridgehead atoms. The van der Waals surface area contributed by atoms with Gasteiger partial charge in [0.25, 0.3) is 0 Å². The molecule has 0 aromatic rings. The summed E-state index contributed by atoms with van der Waals surface area (Å²) in [6.45, 7) is 4.69. The minimum Gasteiger partial charge on any atom is -0.451 e. The van der Waals surface area contributed by atoms with E-state index in [2.05, 4.69) is 19.9 Å². The fourth-order valence-electron chi connectivity index (χ4n) is 9.04. The summed E-state index contributed by atoms with van der Waals surface area (Å²) in [5, 5.41) is 0. The van der Waals surface area contributed by atoms with Crippen LogP contribution in [0.15, 0.2) is 23.3 Å². The molecule has 3 saturated carbocycles. The van der Waals surface area contributed by atoms with Gasteiger partial charge < -0.3 is 4.74 Å². The highest BCUT2D eigenvalue weighted by Crippen LogP contribution is 2.79. The number of fused-ring (bicyclic) bond motifs is 8. The Labute approximate surface area is 168 Å². The quantitative estimate of drug-likeness (QED) is 0.500. The number of rotatable bonds is 2. The van der Waals surface area contributed by atoms with Crippen LogP contribution in [-0.4, -0.2) is 17.4 Å². The monoisotopic (exact) mass is 380 g/mol. The molecule has 0 aromatic carbocycles. The average Bonchev–Trinajstić information content (AvgIpc) is 3.34. The van der Waals surface area contributed by atoms with Crippen LogP contribution >= 0.6 is 0 Å². The van der Waals surface area contributed by atoms with E-state index < -0.39 is 0 Å². The van der Waals surface area contributed by atoms with Gasteiger partial charge in [0.15, 0.2) is 0 Å². The Kier molecular flexibility index (Phi) is 3.50.